The van der Waals surface area contributed by atoms with Crippen molar-refractivity contribution < 1.29 is 18.7 Å². The third kappa shape index (κ3) is 5.96. The molecule has 4 aromatic rings. The number of benzene rings is 3. The Balaban J connectivity index is 1.30. The van der Waals surface area contributed by atoms with Crippen molar-refractivity contribution in [3.8, 4) is 5.75 Å². The minimum absolute atomic E-state index is 0.119. The van der Waals surface area contributed by atoms with E-state index in [1.54, 1.807) is 48.5 Å². The lowest BCUT2D eigenvalue weighted by Crippen LogP contribution is -2.37. The van der Waals surface area contributed by atoms with Gasteiger partial charge in [-0.15, -0.1) is 0 Å². The first-order valence-corrected chi connectivity index (χ1v) is 10.6. The quantitative estimate of drug-likeness (QED) is 0.356. The maximum absolute atomic E-state index is 12.5. The highest BCUT2D eigenvalue weighted by Gasteiger charge is 2.13. The highest BCUT2D eigenvalue weighted by molar-refractivity contribution is 7.80. The predicted molar refractivity (Wildman–Crippen MR) is 132 cm³/mol. The summed E-state index contributed by atoms with van der Waals surface area (Å²) in [5, 5.41) is 9.25. The Kier molecular flexibility index (Phi) is 6.66. The van der Waals surface area contributed by atoms with E-state index in [2.05, 4.69) is 16.0 Å². The molecular formula is C25H21N3O4S. The van der Waals surface area contributed by atoms with Gasteiger partial charge in [0.05, 0.1) is 0 Å². The van der Waals surface area contributed by atoms with Crippen LogP contribution in [0, 0.1) is 6.92 Å². The van der Waals surface area contributed by atoms with Gasteiger partial charge < -0.3 is 19.8 Å². The molecule has 0 aliphatic heterocycles. The molecule has 0 saturated heterocycles. The van der Waals surface area contributed by atoms with Gasteiger partial charge in [0.2, 0.25) is 0 Å². The third-order valence-corrected chi connectivity index (χ3v) is 4.88. The van der Waals surface area contributed by atoms with Crippen LogP contribution in [0.15, 0.2) is 83.3 Å². The summed E-state index contributed by atoms with van der Waals surface area (Å²) < 4.78 is 11.0. The Morgan fingerprint density at radius 1 is 0.909 bits per heavy atom. The summed E-state index contributed by atoms with van der Waals surface area (Å²) in [6, 6.07) is 23.4. The van der Waals surface area contributed by atoms with E-state index < -0.39 is 0 Å². The molecule has 0 unspecified atom stereocenters. The first-order valence-electron chi connectivity index (χ1n) is 10.2. The molecule has 8 heteroatoms. The molecule has 166 valence electrons. The van der Waals surface area contributed by atoms with Crippen molar-refractivity contribution in [1.29, 1.82) is 0 Å². The van der Waals surface area contributed by atoms with Gasteiger partial charge >= 0.3 is 0 Å². The van der Waals surface area contributed by atoms with Gasteiger partial charge in [-0.1, -0.05) is 42.0 Å². The van der Waals surface area contributed by atoms with E-state index in [4.69, 9.17) is 21.4 Å². The van der Waals surface area contributed by atoms with Crippen LogP contribution in [0.3, 0.4) is 0 Å². The molecular weight excluding hydrogens is 438 g/mol. The van der Waals surface area contributed by atoms with E-state index in [1.807, 2.05) is 37.3 Å². The first-order chi connectivity index (χ1) is 16.0. The van der Waals surface area contributed by atoms with Gasteiger partial charge in [-0.2, -0.15) is 0 Å². The summed E-state index contributed by atoms with van der Waals surface area (Å²) in [7, 11) is 0. The second-order valence-corrected chi connectivity index (χ2v) is 7.70. The molecule has 0 radical (unpaired) electrons. The number of nitrogens with one attached hydrogen (secondary N) is 3. The third-order valence-electron chi connectivity index (χ3n) is 4.67. The van der Waals surface area contributed by atoms with E-state index in [1.165, 1.54) is 0 Å². The Morgan fingerprint density at radius 3 is 2.39 bits per heavy atom. The van der Waals surface area contributed by atoms with Gasteiger partial charge in [-0.05, 0) is 61.6 Å². The molecule has 2 amide bonds. The van der Waals surface area contributed by atoms with Gasteiger partial charge in [0.1, 0.15) is 11.3 Å². The zero-order valence-corrected chi connectivity index (χ0v) is 18.6. The number of anilines is 2. The van der Waals surface area contributed by atoms with Crippen molar-refractivity contribution in [1.82, 2.24) is 5.32 Å². The van der Waals surface area contributed by atoms with E-state index in [-0.39, 0.29) is 29.3 Å². The number of hydrogen-bond donors (Lipinski definition) is 3. The molecule has 0 atom stereocenters. The summed E-state index contributed by atoms with van der Waals surface area (Å²) in [6.07, 6.45) is 0. The number of hydrogen-bond acceptors (Lipinski definition) is 5. The fourth-order valence-electron chi connectivity index (χ4n) is 3.07. The fourth-order valence-corrected chi connectivity index (χ4v) is 3.30. The Bertz CT molecular complexity index is 1280. The van der Waals surface area contributed by atoms with Gasteiger partial charge in [0.25, 0.3) is 11.8 Å². The van der Waals surface area contributed by atoms with Gasteiger partial charge in [-0.25, -0.2) is 0 Å². The smallest absolute Gasteiger partial charge is 0.291 e. The summed E-state index contributed by atoms with van der Waals surface area (Å²) in [4.78, 5) is 24.6. The number of carbonyl (C=O) groups excluding carboxylic acids is 2. The number of furan rings is 1. The van der Waals surface area contributed by atoms with Crippen LogP contribution in [0.2, 0.25) is 0 Å². The average Bonchev–Trinajstić information content (AvgIpc) is 3.23. The molecule has 3 N–H and O–H groups in total. The Morgan fingerprint density at radius 2 is 1.64 bits per heavy atom. The molecule has 0 aliphatic rings. The summed E-state index contributed by atoms with van der Waals surface area (Å²) >= 11 is 5.20. The molecule has 1 aromatic heterocycles. The molecule has 1 heterocycles. The van der Waals surface area contributed by atoms with E-state index in [0.29, 0.717) is 22.7 Å². The summed E-state index contributed by atoms with van der Waals surface area (Å²) in [5.41, 5.74) is 2.89. The molecule has 7 nitrogen and oxygen atoms in total. The number of fused-ring (bicyclic) bond motifs is 1. The van der Waals surface area contributed by atoms with Crippen molar-refractivity contribution in [2.24, 2.45) is 0 Å². The zero-order chi connectivity index (χ0) is 23.2. The molecule has 0 aliphatic carbocycles. The number of ether oxygens (including phenoxy) is 1. The first kappa shape index (κ1) is 22.0. The maximum Gasteiger partial charge on any atom is 0.291 e. The van der Waals surface area contributed by atoms with Crippen molar-refractivity contribution in [2.75, 3.05) is 17.2 Å². The second-order valence-electron chi connectivity index (χ2n) is 7.29. The normalized spacial score (nSPS) is 10.5. The lowest BCUT2D eigenvalue weighted by atomic mass is 10.2. The van der Waals surface area contributed by atoms with Crippen LogP contribution in [0.25, 0.3) is 11.0 Å². The van der Waals surface area contributed by atoms with Crippen molar-refractivity contribution in [3.05, 3.63) is 90.2 Å². The molecule has 33 heavy (non-hydrogen) atoms. The number of rotatable bonds is 6. The van der Waals surface area contributed by atoms with Gasteiger partial charge in [-0.3, -0.25) is 14.9 Å². The Labute approximate surface area is 195 Å². The van der Waals surface area contributed by atoms with Crippen molar-refractivity contribution in [3.63, 3.8) is 0 Å². The molecule has 0 bridgehead atoms. The Hall–Kier alpha value is -4.17. The van der Waals surface area contributed by atoms with Crippen LogP contribution in [-0.4, -0.2) is 23.5 Å². The number of carbonyl (C=O) groups is 2. The minimum Gasteiger partial charge on any atom is -0.484 e. The van der Waals surface area contributed by atoms with Crippen LogP contribution < -0.4 is 20.7 Å². The molecule has 3 aromatic carbocycles. The summed E-state index contributed by atoms with van der Waals surface area (Å²) in [6.45, 7) is 1.80. The zero-order valence-electron chi connectivity index (χ0n) is 17.8. The largest absolute Gasteiger partial charge is 0.484 e. The minimum atomic E-state index is -0.387. The van der Waals surface area contributed by atoms with E-state index >= 15 is 0 Å². The lowest BCUT2D eigenvalue weighted by Gasteiger charge is -2.11. The molecule has 0 saturated carbocycles. The van der Waals surface area contributed by atoms with Crippen LogP contribution >= 0.6 is 12.2 Å². The number of para-hydroxylation sites is 1. The number of thiocarbonyl (C=S) groups is 1. The number of amides is 2. The van der Waals surface area contributed by atoms with Gasteiger partial charge in [0, 0.05) is 16.8 Å². The topological polar surface area (TPSA) is 92.6 Å². The maximum atomic E-state index is 12.5. The molecule has 4 rings (SSSR count). The standard InChI is InChI=1S/C25H21N3O4S/c1-16-9-11-20(12-10-16)31-15-23(29)28-25(33)27-19-7-4-6-18(14-19)26-24(30)22-13-17-5-2-3-8-21(17)32-22/h2-14H,15H2,1H3,(H,26,30)(H2,27,28,29,33). The van der Waals surface area contributed by atoms with E-state index in [0.717, 1.165) is 10.9 Å². The van der Waals surface area contributed by atoms with E-state index in [9.17, 15) is 9.59 Å². The highest BCUT2D eigenvalue weighted by Crippen LogP contribution is 2.21. The SMILES string of the molecule is Cc1ccc(OCC(=O)NC(=S)Nc2cccc(NC(=O)c3cc4ccccc4o3)c2)cc1. The second kappa shape index (κ2) is 9.97. The average molecular weight is 460 g/mol. The molecule has 0 fully saturated rings. The van der Waals surface area contributed by atoms with Crippen molar-refractivity contribution >= 4 is 51.5 Å². The van der Waals surface area contributed by atoms with Crippen LogP contribution in [-0.2, 0) is 4.79 Å². The predicted octanol–water partition coefficient (Wildman–Crippen LogP) is 4.89. The van der Waals surface area contributed by atoms with Gasteiger partial charge in [0.15, 0.2) is 17.5 Å². The fraction of sp³-hybridized carbons (Fsp3) is 0.0800. The van der Waals surface area contributed by atoms with Crippen LogP contribution in [0.4, 0.5) is 11.4 Å². The van der Waals surface area contributed by atoms with Crippen molar-refractivity contribution in [2.45, 2.75) is 6.92 Å². The highest BCUT2D eigenvalue weighted by atomic mass is 32.1. The summed E-state index contributed by atoms with van der Waals surface area (Å²) in [5.74, 6) is 0.0587. The van der Waals surface area contributed by atoms with Crippen LogP contribution in [0.1, 0.15) is 16.1 Å². The molecule has 0 spiro atoms. The lowest BCUT2D eigenvalue weighted by molar-refractivity contribution is -0.121. The monoisotopic (exact) mass is 459 g/mol. The number of aryl methyl sites for hydroxylation is 1. The van der Waals surface area contributed by atoms with Crippen LogP contribution in [0.5, 0.6) is 5.75 Å².